The zero-order valence-electron chi connectivity index (χ0n) is 12.8. The predicted octanol–water partition coefficient (Wildman–Crippen LogP) is 5.14. The van der Waals surface area contributed by atoms with Crippen LogP contribution >= 0.6 is 0 Å². The van der Waals surface area contributed by atoms with E-state index >= 15 is 0 Å². The van der Waals surface area contributed by atoms with Gasteiger partial charge in [0.25, 0.3) is 0 Å². The second-order valence-corrected chi connectivity index (χ2v) is 6.30. The highest BCUT2D eigenvalue weighted by molar-refractivity contribution is 5.36. The minimum Gasteiger partial charge on any atom is -0.258 e. The molecule has 0 amide bonds. The van der Waals surface area contributed by atoms with E-state index in [1.807, 2.05) is 0 Å². The number of hydrogen-bond acceptors (Lipinski definition) is 2. The van der Waals surface area contributed by atoms with E-state index in [1.165, 1.54) is 18.2 Å². The summed E-state index contributed by atoms with van der Waals surface area (Å²) in [6, 6.07) is 7.97. The molecule has 2 unspecified atom stereocenters. The van der Waals surface area contributed by atoms with Gasteiger partial charge in [-0.2, -0.15) is 4.39 Å². The first-order valence-corrected chi connectivity index (χ1v) is 7.82. The Bertz CT molecular complexity index is 779. The highest BCUT2D eigenvalue weighted by Gasteiger charge is 2.27. The predicted molar refractivity (Wildman–Crippen MR) is 83.2 cm³/mol. The summed E-state index contributed by atoms with van der Waals surface area (Å²) in [5.74, 6) is -2.08. The van der Waals surface area contributed by atoms with E-state index in [9.17, 15) is 23.3 Å². The lowest BCUT2D eigenvalue weighted by molar-refractivity contribution is -0.387. The van der Waals surface area contributed by atoms with Crippen molar-refractivity contribution in [3.8, 4) is 0 Å². The molecule has 1 aliphatic rings. The van der Waals surface area contributed by atoms with Crippen molar-refractivity contribution in [3.05, 3.63) is 75.1 Å². The highest BCUT2D eigenvalue weighted by Crippen LogP contribution is 2.40. The second-order valence-electron chi connectivity index (χ2n) is 6.30. The minimum absolute atomic E-state index is 0.135. The molecule has 3 rings (SSSR count). The summed E-state index contributed by atoms with van der Waals surface area (Å²) < 4.78 is 40.0. The zero-order chi connectivity index (χ0) is 17.3. The number of nitro groups is 1. The van der Waals surface area contributed by atoms with Crippen LogP contribution in [0.2, 0.25) is 0 Å². The van der Waals surface area contributed by atoms with E-state index in [0.717, 1.165) is 36.5 Å². The molecule has 2 atom stereocenters. The van der Waals surface area contributed by atoms with E-state index in [1.54, 1.807) is 12.1 Å². The van der Waals surface area contributed by atoms with Gasteiger partial charge >= 0.3 is 5.69 Å². The molecule has 1 saturated carbocycles. The second kappa shape index (κ2) is 6.63. The Labute approximate surface area is 137 Å². The number of nitro benzene ring substituents is 1. The van der Waals surface area contributed by atoms with Gasteiger partial charge in [0.2, 0.25) is 5.82 Å². The summed E-state index contributed by atoms with van der Waals surface area (Å²) in [7, 11) is 0. The molecule has 2 aromatic rings. The summed E-state index contributed by atoms with van der Waals surface area (Å²) in [5, 5.41) is 10.7. The van der Waals surface area contributed by atoms with E-state index in [2.05, 4.69) is 0 Å². The van der Waals surface area contributed by atoms with Gasteiger partial charge < -0.3 is 0 Å². The highest BCUT2D eigenvalue weighted by atomic mass is 19.2. The van der Waals surface area contributed by atoms with Crippen LogP contribution in [0.25, 0.3) is 0 Å². The normalized spacial score (nSPS) is 20.3. The maximum absolute atomic E-state index is 13.8. The van der Waals surface area contributed by atoms with Crippen molar-refractivity contribution in [1.82, 2.24) is 0 Å². The quantitative estimate of drug-likeness (QED) is 0.573. The van der Waals surface area contributed by atoms with Gasteiger partial charge in [0.05, 0.1) is 4.92 Å². The van der Waals surface area contributed by atoms with Crippen molar-refractivity contribution in [2.75, 3.05) is 0 Å². The summed E-state index contributed by atoms with van der Waals surface area (Å²) >= 11 is 0. The fourth-order valence-corrected chi connectivity index (χ4v) is 3.49. The van der Waals surface area contributed by atoms with Crippen molar-refractivity contribution in [2.24, 2.45) is 5.92 Å². The summed E-state index contributed by atoms with van der Waals surface area (Å²) in [5.41, 5.74) is 0.982. The van der Waals surface area contributed by atoms with Gasteiger partial charge in [-0.25, -0.2) is 8.78 Å². The molecule has 0 aromatic heterocycles. The summed E-state index contributed by atoms with van der Waals surface area (Å²) in [4.78, 5) is 9.93. The average Bonchev–Trinajstić information content (AvgIpc) is 2.99. The van der Waals surface area contributed by atoms with Gasteiger partial charge in [-0.15, -0.1) is 0 Å². The van der Waals surface area contributed by atoms with Crippen molar-refractivity contribution in [1.29, 1.82) is 0 Å². The van der Waals surface area contributed by atoms with Crippen LogP contribution in [0.15, 0.2) is 36.4 Å². The van der Waals surface area contributed by atoms with Crippen LogP contribution in [-0.2, 0) is 6.42 Å². The molecular weight excluding hydrogens is 319 g/mol. The van der Waals surface area contributed by atoms with E-state index in [-0.39, 0.29) is 5.92 Å². The minimum atomic E-state index is -0.857. The third kappa shape index (κ3) is 3.42. The Morgan fingerprint density at radius 1 is 1.00 bits per heavy atom. The van der Waals surface area contributed by atoms with Crippen molar-refractivity contribution >= 4 is 5.69 Å². The molecule has 0 radical (unpaired) electrons. The fourth-order valence-electron chi connectivity index (χ4n) is 3.49. The van der Waals surface area contributed by atoms with Crippen LogP contribution in [0.5, 0.6) is 0 Å². The maximum atomic E-state index is 13.8. The Morgan fingerprint density at radius 2 is 1.79 bits per heavy atom. The first-order valence-electron chi connectivity index (χ1n) is 7.82. The van der Waals surface area contributed by atoms with Gasteiger partial charge in [0, 0.05) is 6.07 Å². The number of halogens is 3. The van der Waals surface area contributed by atoms with Crippen molar-refractivity contribution < 1.29 is 18.1 Å². The van der Waals surface area contributed by atoms with Gasteiger partial charge in [-0.05, 0) is 66.8 Å². The lowest BCUT2D eigenvalue weighted by Crippen LogP contribution is -2.02. The lowest BCUT2D eigenvalue weighted by atomic mass is 9.93. The molecule has 2 aromatic carbocycles. The maximum Gasteiger partial charge on any atom is 0.304 e. The molecule has 0 bridgehead atoms. The molecule has 3 nitrogen and oxygen atoms in total. The number of hydrogen-bond donors (Lipinski definition) is 0. The largest absolute Gasteiger partial charge is 0.304 e. The Kier molecular flexibility index (Phi) is 4.55. The molecule has 0 saturated heterocycles. The molecule has 24 heavy (non-hydrogen) atoms. The summed E-state index contributed by atoms with van der Waals surface area (Å²) in [6.45, 7) is 0. The molecule has 0 heterocycles. The summed E-state index contributed by atoms with van der Waals surface area (Å²) in [6.07, 6.45) is 3.20. The number of benzene rings is 2. The first kappa shape index (κ1) is 16.5. The molecule has 1 aliphatic carbocycles. The Hall–Kier alpha value is -2.37. The van der Waals surface area contributed by atoms with Crippen LogP contribution in [0, 0.1) is 33.5 Å². The third-order valence-electron chi connectivity index (χ3n) is 4.69. The van der Waals surface area contributed by atoms with Gasteiger partial charge in [0.15, 0.2) is 11.6 Å². The van der Waals surface area contributed by atoms with Crippen molar-refractivity contribution in [3.63, 3.8) is 0 Å². The van der Waals surface area contributed by atoms with Crippen LogP contribution in [0.1, 0.15) is 36.3 Å². The van der Waals surface area contributed by atoms with Gasteiger partial charge in [-0.1, -0.05) is 12.1 Å². The SMILES string of the molecule is O=[N+]([O-])c1ccc(C2CCC(Cc3ccc(F)c(F)c3)C2)cc1F. The Morgan fingerprint density at radius 3 is 2.46 bits per heavy atom. The fraction of sp³-hybridized carbons (Fsp3) is 0.333. The average molecular weight is 335 g/mol. The molecule has 0 spiro atoms. The third-order valence-corrected chi connectivity index (χ3v) is 4.69. The molecular formula is C18H16F3NO2. The van der Waals surface area contributed by atoms with Gasteiger partial charge in [-0.3, -0.25) is 10.1 Å². The number of rotatable bonds is 4. The van der Waals surface area contributed by atoms with Crippen LogP contribution in [0.3, 0.4) is 0 Å². The molecule has 1 fully saturated rings. The molecule has 0 aliphatic heterocycles. The monoisotopic (exact) mass is 335 g/mol. The molecule has 126 valence electrons. The van der Waals surface area contributed by atoms with Crippen LogP contribution in [0.4, 0.5) is 18.9 Å². The zero-order valence-corrected chi connectivity index (χ0v) is 12.8. The lowest BCUT2D eigenvalue weighted by Gasteiger charge is -2.12. The topological polar surface area (TPSA) is 43.1 Å². The smallest absolute Gasteiger partial charge is 0.258 e. The molecule has 0 N–H and O–H groups in total. The van der Waals surface area contributed by atoms with Crippen LogP contribution < -0.4 is 0 Å². The van der Waals surface area contributed by atoms with Crippen molar-refractivity contribution in [2.45, 2.75) is 31.6 Å². The molecule has 6 heteroatoms. The van der Waals surface area contributed by atoms with Crippen LogP contribution in [-0.4, -0.2) is 4.92 Å². The number of nitrogens with zero attached hydrogens (tertiary/aromatic N) is 1. The van der Waals surface area contributed by atoms with E-state index < -0.39 is 28.1 Å². The van der Waals surface area contributed by atoms with E-state index in [4.69, 9.17) is 0 Å². The van der Waals surface area contributed by atoms with Gasteiger partial charge in [0.1, 0.15) is 0 Å². The van der Waals surface area contributed by atoms with E-state index in [0.29, 0.717) is 12.3 Å². The standard InChI is InChI=1S/C18H16F3NO2/c19-15-5-2-12(9-16(15)20)7-11-1-3-13(8-11)14-4-6-18(22(23)24)17(21)10-14/h2,4-6,9-11,13H,1,3,7-8H2. The first-order chi connectivity index (χ1) is 11.4. The Balaban J connectivity index is 1.68.